The monoisotopic (exact) mass is 241 g/mol. The Kier molecular flexibility index (Phi) is 3.79. The molecule has 1 amide bonds. The van der Waals surface area contributed by atoms with Crippen LogP contribution in [0.5, 0.6) is 0 Å². The van der Waals surface area contributed by atoms with Gasteiger partial charge in [0.1, 0.15) is 18.2 Å². The molecule has 1 unspecified atom stereocenters. The van der Waals surface area contributed by atoms with E-state index in [1.165, 1.54) is 0 Å². The summed E-state index contributed by atoms with van der Waals surface area (Å²) in [7, 11) is 0. The third kappa shape index (κ3) is 2.29. The first-order chi connectivity index (χ1) is 7.30. The van der Waals surface area contributed by atoms with Gasteiger partial charge < -0.3 is 25.4 Å². The lowest BCUT2D eigenvalue weighted by atomic mass is 9.96. The maximum absolute atomic E-state index is 13.5. The number of rotatable bonds is 2. The number of alkyl halides is 2. The number of ether oxygens (including phenoxy) is 1. The van der Waals surface area contributed by atoms with Gasteiger partial charge in [0.15, 0.2) is 6.29 Å². The molecule has 94 valence electrons. The minimum atomic E-state index is -3.78. The fourth-order valence-corrected chi connectivity index (χ4v) is 1.48. The van der Waals surface area contributed by atoms with Crippen LogP contribution in [0.4, 0.5) is 8.78 Å². The molecule has 1 aliphatic heterocycles. The Hall–Kier alpha value is -0.830. The van der Waals surface area contributed by atoms with Crippen molar-refractivity contribution in [3.63, 3.8) is 0 Å². The van der Waals surface area contributed by atoms with Crippen LogP contribution in [0.2, 0.25) is 0 Å². The average molecular weight is 241 g/mol. The van der Waals surface area contributed by atoms with E-state index in [2.05, 4.69) is 4.74 Å². The quantitative estimate of drug-likeness (QED) is 0.457. The second kappa shape index (κ2) is 4.58. The zero-order chi connectivity index (χ0) is 12.5. The van der Waals surface area contributed by atoms with Crippen LogP contribution >= 0.6 is 0 Å². The molecule has 0 aromatic rings. The van der Waals surface area contributed by atoms with Crippen molar-refractivity contribution in [3.8, 4) is 0 Å². The Morgan fingerprint density at radius 3 is 2.50 bits per heavy atom. The molecule has 4 N–H and O–H groups in total. The van der Waals surface area contributed by atoms with Gasteiger partial charge in [-0.15, -0.1) is 0 Å². The van der Waals surface area contributed by atoms with Gasteiger partial charge in [0, 0.05) is 6.92 Å². The van der Waals surface area contributed by atoms with Crippen molar-refractivity contribution >= 4 is 5.91 Å². The van der Waals surface area contributed by atoms with Gasteiger partial charge in [0.05, 0.1) is 6.61 Å². The van der Waals surface area contributed by atoms with Crippen LogP contribution < -0.4 is 5.32 Å². The van der Waals surface area contributed by atoms with E-state index in [0.717, 1.165) is 6.92 Å². The Morgan fingerprint density at radius 1 is 1.50 bits per heavy atom. The Balaban J connectivity index is 2.89. The smallest absolute Gasteiger partial charge is 0.300 e. The predicted molar refractivity (Wildman–Crippen MR) is 46.5 cm³/mol. The number of hydrogen-bond acceptors (Lipinski definition) is 5. The lowest BCUT2D eigenvalue weighted by Gasteiger charge is -2.42. The lowest BCUT2D eigenvalue weighted by Crippen LogP contribution is -2.67. The number of amides is 1. The summed E-state index contributed by atoms with van der Waals surface area (Å²) in [6.07, 6.45) is -5.87. The van der Waals surface area contributed by atoms with Gasteiger partial charge in [-0.05, 0) is 0 Å². The zero-order valence-electron chi connectivity index (χ0n) is 8.43. The van der Waals surface area contributed by atoms with E-state index in [1.807, 2.05) is 0 Å². The number of aliphatic hydroxyl groups excluding tert-OH is 3. The van der Waals surface area contributed by atoms with Crippen LogP contribution in [-0.4, -0.2) is 58.3 Å². The molecule has 0 aromatic heterocycles. The molecule has 1 aliphatic rings. The van der Waals surface area contributed by atoms with E-state index in [-0.39, 0.29) is 0 Å². The number of halogens is 2. The first-order valence-electron chi connectivity index (χ1n) is 4.58. The highest BCUT2D eigenvalue weighted by molar-refractivity contribution is 5.73. The molecule has 1 fully saturated rings. The maximum Gasteiger partial charge on any atom is 0.300 e. The number of carbonyl (C=O) groups excluding carboxylic acids is 1. The summed E-state index contributed by atoms with van der Waals surface area (Å²) in [5, 5.41) is 28.9. The number of carbonyl (C=O) groups is 1. The maximum atomic E-state index is 13.5. The van der Waals surface area contributed by atoms with Gasteiger partial charge in [-0.25, -0.2) is 8.78 Å². The summed E-state index contributed by atoms with van der Waals surface area (Å²) in [5.41, 5.74) is 0. The number of aliphatic hydroxyl groups is 3. The van der Waals surface area contributed by atoms with Crippen LogP contribution in [-0.2, 0) is 9.53 Å². The second-order valence-corrected chi connectivity index (χ2v) is 3.55. The summed E-state index contributed by atoms with van der Waals surface area (Å²) in [6.45, 7) is 0.133. The Labute approximate surface area is 89.8 Å². The minimum Gasteiger partial charge on any atom is -0.394 e. The van der Waals surface area contributed by atoms with Crippen molar-refractivity contribution in [1.29, 1.82) is 0 Å². The molecule has 1 heterocycles. The van der Waals surface area contributed by atoms with Crippen LogP contribution in [0.25, 0.3) is 0 Å². The third-order valence-electron chi connectivity index (χ3n) is 2.30. The van der Waals surface area contributed by atoms with Crippen molar-refractivity contribution in [2.24, 2.45) is 0 Å². The largest absolute Gasteiger partial charge is 0.394 e. The summed E-state index contributed by atoms with van der Waals surface area (Å²) < 4.78 is 31.5. The standard InChI is InChI=1S/C8H13F2NO5/c1-3(13)11-5-7(15)16-4(2-12)6(14)8(5,9)10/h4-7,12,14-15H,2H2,1H3,(H,11,13)/t4-,5-,6-,7?/m1/s1. The molecule has 0 aromatic carbocycles. The van der Waals surface area contributed by atoms with Gasteiger partial charge in [0.2, 0.25) is 5.91 Å². The molecule has 0 bridgehead atoms. The van der Waals surface area contributed by atoms with Crippen molar-refractivity contribution < 1.29 is 33.6 Å². The van der Waals surface area contributed by atoms with Gasteiger partial charge in [-0.3, -0.25) is 4.79 Å². The van der Waals surface area contributed by atoms with E-state index in [9.17, 15) is 23.8 Å². The van der Waals surface area contributed by atoms with E-state index in [4.69, 9.17) is 5.11 Å². The molecular formula is C8H13F2NO5. The van der Waals surface area contributed by atoms with Crippen molar-refractivity contribution in [3.05, 3.63) is 0 Å². The fraction of sp³-hybridized carbons (Fsp3) is 0.875. The highest BCUT2D eigenvalue weighted by Gasteiger charge is 2.58. The van der Waals surface area contributed by atoms with Crippen LogP contribution in [0.1, 0.15) is 6.92 Å². The highest BCUT2D eigenvalue weighted by Crippen LogP contribution is 2.33. The molecule has 0 aliphatic carbocycles. The number of hydrogen-bond donors (Lipinski definition) is 4. The first kappa shape index (κ1) is 13.2. The normalized spacial score (nSPS) is 38.1. The van der Waals surface area contributed by atoms with E-state index >= 15 is 0 Å². The Morgan fingerprint density at radius 2 is 2.06 bits per heavy atom. The summed E-state index contributed by atoms with van der Waals surface area (Å²) in [5.74, 6) is -4.57. The zero-order valence-corrected chi connectivity index (χ0v) is 8.43. The van der Waals surface area contributed by atoms with Gasteiger partial charge in [-0.1, -0.05) is 0 Å². The molecule has 8 heteroatoms. The molecule has 4 atom stereocenters. The summed E-state index contributed by atoms with van der Waals surface area (Å²) in [6, 6.07) is -2.04. The third-order valence-corrected chi connectivity index (χ3v) is 2.30. The van der Waals surface area contributed by atoms with E-state index in [1.54, 1.807) is 5.32 Å². The van der Waals surface area contributed by atoms with Crippen LogP contribution in [0.3, 0.4) is 0 Å². The molecule has 1 saturated heterocycles. The average Bonchev–Trinajstić information content (AvgIpc) is 2.18. The fourth-order valence-electron chi connectivity index (χ4n) is 1.48. The molecule has 0 saturated carbocycles. The predicted octanol–water partition coefficient (Wildman–Crippen LogP) is -1.80. The van der Waals surface area contributed by atoms with Crippen LogP contribution in [0, 0.1) is 0 Å². The molecule has 0 radical (unpaired) electrons. The molecular weight excluding hydrogens is 228 g/mol. The van der Waals surface area contributed by atoms with Gasteiger partial charge >= 0.3 is 5.92 Å². The van der Waals surface area contributed by atoms with Crippen molar-refractivity contribution in [1.82, 2.24) is 5.32 Å². The molecule has 1 rings (SSSR count). The van der Waals surface area contributed by atoms with Gasteiger partial charge in [0.25, 0.3) is 0 Å². The van der Waals surface area contributed by atoms with Crippen molar-refractivity contribution in [2.45, 2.75) is 37.4 Å². The van der Waals surface area contributed by atoms with Crippen LogP contribution in [0.15, 0.2) is 0 Å². The topological polar surface area (TPSA) is 99.0 Å². The van der Waals surface area contributed by atoms with E-state index in [0.29, 0.717) is 0 Å². The molecule has 16 heavy (non-hydrogen) atoms. The van der Waals surface area contributed by atoms with Crippen molar-refractivity contribution in [2.75, 3.05) is 6.61 Å². The molecule has 6 nitrogen and oxygen atoms in total. The van der Waals surface area contributed by atoms with E-state index < -0.39 is 43.0 Å². The Bertz CT molecular complexity index is 275. The molecule has 0 spiro atoms. The minimum absolute atomic E-state index is 0.790. The SMILES string of the molecule is CC(=O)N[C@@H]1C(O)O[C@H](CO)[C@@H](O)C1(F)F. The summed E-state index contributed by atoms with van der Waals surface area (Å²) >= 11 is 0. The number of nitrogens with one attached hydrogen (secondary N) is 1. The lowest BCUT2D eigenvalue weighted by molar-refractivity contribution is -0.301. The van der Waals surface area contributed by atoms with Gasteiger partial charge in [-0.2, -0.15) is 0 Å². The second-order valence-electron chi connectivity index (χ2n) is 3.55. The highest BCUT2D eigenvalue weighted by atomic mass is 19.3. The summed E-state index contributed by atoms with van der Waals surface area (Å²) in [4.78, 5) is 10.7. The first-order valence-corrected chi connectivity index (χ1v) is 4.58.